The van der Waals surface area contributed by atoms with E-state index in [1.54, 1.807) is 20.4 Å². The summed E-state index contributed by atoms with van der Waals surface area (Å²) in [7, 11) is 3.36. The van der Waals surface area contributed by atoms with Crippen molar-refractivity contribution in [3.05, 3.63) is 65.0 Å². The van der Waals surface area contributed by atoms with Crippen molar-refractivity contribution in [2.45, 2.75) is 51.4 Å². The largest absolute Gasteiger partial charge is 0.495 e. The number of aryl methyl sites for hydroxylation is 1. The summed E-state index contributed by atoms with van der Waals surface area (Å²) in [5.41, 5.74) is 6.10. The van der Waals surface area contributed by atoms with Crippen molar-refractivity contribution in [3.8, 4) is 5.75 Å². The summed E-state index contributed by atoms with van der Waals surface area (Å²) in [6.07, 6.45) is 11.6. The fourth-order valence-electron chi connectivity index (χ4n) is 6.99. The number of methoxy groups -OCH3 is 1. The SMILES string of the molecule is COc1cncc(C2=CC[C@H]3[C@@H]4CCc5cc(C(=O)N(C)CCC(=O)O)ccc5[C@H]4CC[C@]23C)c1. The van der Waals surface area contributed by atoms with Gasteiger partial charge in [0.05, 0.1) is 19.7 Å². The molecule has 3 aliphatic carbocycles. The van der Waals surface area contributed by atoms with Crippen LogP contribution < -0.4 is 4.74 Å². The number of carbonyl (C=O) groups is 2. The van der Waals surface area contributed by atoms with Crippen LogP contribution in [0.5, 0.6) is 5.75 Å². The zero-order chi connectivity index (χ0) is 24.7. The molecular formula is C29H34N2O4. The lowest BCUT2D eigenvalue weighted by atomic mass is 9.54. The van der Waals surface area contributed by atoms with Gasteiger partial charge in [-0.25, -0.2) is 0 Å². The summed E-state index contributed by atoms with van der Waals surface area (Å²) >= 11 is 0. The van der Waals surface area contributed by atoms with Crippen LogP contribution in [0.1, 0.15) is 72.0 Å². The number of carboxylic acid groups (broad SMARTS) is 1. The molecular weight excluding hydrogens is 440 g/mol. The van der Waals surface area contributed by atoms with Crippen LogP contribution in [0.25, 0.3) is 5.57 Å². The van der Waals surface area contributed by atoms with Crippen molar-refractivity contribution in [2.75, 3.05) is 20.7 Å². The van der Waals surface area contributed by atoms with Gasteiger partial charge in [0.25, 0.3) is 5.91 Å². The van der Waals surface area contributed by atoms with Crippen LogP contribution in [0, 0.1) is 17.3 Å². The monoisotopic (exact) mass is 474 g/mol. The minimum atomic E-state index is -0.891. The van der Waals surface area contributed by atoms with Crippen molar-refractivity contribution in [2.24, 2.45) is 17.3 Å². The van der Waals surface area contributed by atoms with Gasteiger partial charge in [-0.1, -0.05) is 19.1 Å². The van der Waals surface area contributed by atoms with E-state index < -0.39 is 5.97 Å². The summed E-state index contributed by atoms with van der Waals surface area (Å²) in [5.74, 6) is 1.57. The Labute approximate surface area is 207 Å². The Balaban J connectivity index is 1.35. The van der Waals surface area contributed by atoms with E-state index in [9.17, 15) is 9.59 Å². The second kappa shape index (κ2) is 9.14. The third-order valence-corrected chi connectivity index (χ3v) is 8.82. The van der Waals surface area contributed by atoms with Crippen molar-refractivity contribution in [1.82, 2.24) is 9.88 Å². The van der Waals surface area contributed by atoms with E-state index in [0.717, 1.165) is 37.9 Å². The lowest BCUT2D eigenvalue weighted by molar-refractivity contribution is -0.137. The van der Waals surface area contributed by atoms with Crippen LogP contribution in [0.2, 0.25) is 0 Å². The van der Waals surface area contributed by atoms with Crippen molar-refractivity contribution >= 4 is 17.4 Å². The van der Waals surface area contributed by atoms with Crippen molar-refractivity contribution in [1.29, 1.82) is 0 Å². The molecule has 1 N–H and O–H groups in total. The normalized spacial score (nSPS) is 26.7. The number of rotatable bonds is 6. The molecule has 1 fully saturated rings. The van der Waals surface area contributed by atoms with Gasteiger partial charge in [0.1, 0.15) is 5.75 Å². The van der Waals surface area contributed by atoms with Crippen LogP contribution in [-0.4, -0.2) is 47.6 Å². The number of fused-ring (bicyclic) bond motifs is 5. The van der Waals surface area contributed by atoms with Crippen LogP contribution in [0.4, 0.5) is 0 Å². The highest BCUT2D eigenvalue weighted by Crippen LogP contribution is 2.63. The quantitative estimate of drug-likeness (QED) is 0.624. The van der Waals surface area contributed by atoms with Crippen LogP contribution in [0.15, 0.2) is 42.7 Å². The first kappa shape index (κ1) is 23.6. The van der Waals surface area contributed by atoms with Gasteiger partial charge in [-0.2, -0.15) is 0 Å². The van der Waals surface area contributed by atoms with E-state index in [1.165, 1.54) is 27.2 Å². The maximum atomic E-state index is 12.8. The standard InChI is InChI=1S/C29H34N2O4/c1-29-12-10-23-22-6-5-19(28(34)31(2)13-11-27(32)33)14-18(22)4-7-24(23)26(29)9-8-25(29)20-15-21(35-3)17-30-16-20/h5-6,8,14-17,23-24,26H,4,7,9-13H2,1-3H3,(H,32,33)/t23-,24-,26+,29-/m1/s1. The molecule has 35 heavy (non-hydrogen) atoms. The van der Waals surface area contributed by atoms with Gasteiger partial charge in [-0.15, -0.1) is 0 Å². The number of aliphatic carboxylic acids is 1. The smallest absolute Gasteiger partial charge is 0.305 e. The number of allylic oxidation sites excluding steroid dienone is 2. The average Bonchev–Trinajstić information content (AvgIpc) is 3.23. The van der Waals surface area contributed by atoms with E-state index in [0.29, 0.717) is 23.3 Å². The van der Waals surface area contributed by atoms with Crippen molar-refractivity contribution in [3.63, 3.8) is 0 Å². The number of hydrogen-bond donors (Lipinski definition) is 1. The third kappa shape index (κ3) is 4.13. The van der Waals surface area contributed by atoms with E-state index in [1.807, 2.05) is 12.3 Å². The Hall–Kier alpha value is -3.15. The Morgan fingerprint density at radius 3 is 2.83 bits per heavy atom. The first-order chi connectivity index (χ1) is 16.8. The van der Waals surface area contributed by atoms with Crippen LogP contribution in [-0.2, 0) is 11.2 Å². The Morgan fingerprint density at radius 2 is 2.06 bits per heavy atom. The zero-order valence-corrected chi connectivity index (χ0v) is 20.8. The summed E-state index contributed by atoms with van der Waals surface area (Å²) in [6.45, 7) is 2.66. The summed E-state index contributed by atoms with van der Waals surface area (Å²) in [4.78, 5) is 29.6. The van der Waals surface area contributed by atoms with Gasteiger partial charge < -0.3 is 14.7 Å². The summed E-state index contributed by atoms with van der Waals surface area (Å²) in [5, 5.41) is 8.92. The second-order valence-corrected chi connectivity index (χ2v) is 10.6. The molecule has 1 aromatic carbocycles. The van der Waals surface area contributed by atoms with Gasteiger partial charge in [0.2, 0.25) is 0 Å². The average molecular weight is 475 g/mol. The molecule has 1 saturated carbocycles. The van der Waals surface area contributed by atoms with Gasteiger partial charge in [-0.05, 0) is 95.7 Å². The number of benzene rings is 1. The maximum absolute atomic E-state index is 12.8. The minimum absolute atomic E-state index is 0.0427. The fraction of sp³-hybridized carbons (Fsp3) is 0.483. The molecule has 0 radical (unpaired) electrons. The molecule has 6 nitrogen and oxygen atoms in total. The molecule has 0 unspecified atom stereocenters. The molecule has 0 spiro atoms. The van der Waals surface area contributed by atoms with E-state index in [-0.39, 0.29) is 24.3 Å². The number of amides is 1. The van der Waals surface area contributed by atoms with E-state index in [4.69, 9.17) is 9.84 Å². The molecule has 184 valence electrons. The number of carbonyl (C=O) groups excluding carboxylic acids is 1. The van der Waals surface area contributed by atoms with Gasteiger partial charge in [0.15, 0.2) is 0 Å². The molecule has 1 aromatic heterocycles. The molecule has 1 heterocycles. The first-order valence-corrected chi connectivity index (χ1v) is 12.6. The number of hydrogen-bond acceptors (Lipinski definition) is 4. The van der Waals surface area contributed by atoms with Gasteiger partial charge in [0, 0.05) is 25.4 Å². The van der Waals surface area contributed by atoms with Crippen molar-refractivity contribution < 1.29 is 19.4 Å². The number of nitrogens with zero attached hydrogens (tertiary/aromatic N) is 2. The second-order valence-electron chi connectivity index (χ2n) is 10.6. The first-order valence-electron chi connectivity index (χ1n) is 12.6. The topological polar surface area (TPSA) is 79.7 Å². The molecule has 0 saturated heterocycles. The molecule has 2 aromatic rings. The van der Waals surface area contributed by atoms with Crippen LogP contribution >= 0.6 is 0 Å². The molecule has 0 bridgehead atoms. The highest BCUT2D eigenvalue weighted by Gasteiger charge is 2.52. The summed E-state index contributed by atoms with van der Waals surface area (Å²) in [6, 6.07) is 8.27. The molecule has 6 heteroatoms. The number of ether oxygens (including phenoxy) is 1. The van der Waals surface area contributed by atoms with E-state index >= 15 is 0 Å². The predicted molar refractivity (Wildman–Crippen MR) is 134 cm³/mol. The van der Waals surface area contributed by atoms with E-state index in [2.05, 4.69) is 36.2 Å². The maximum Gasteiger partial charge on any atom is 0.305 e. The fourth-order valence-corrected chi connectivity index (χ4v) is 6.99. The highest BCUT2D eigenvalue weighted by molar-refractivity contribution is 5.94. The molecule has 4 atom stereocenters. The molecule has 5 rings (SSSR count). The Kier molecular flexibility index (Phi) is 6.16. The third-order valence-electron chi connectivity index (χ3n) is 8.82. The van der Waals surface area contributed by atoms with Gasteiger partial charge in [-0.3, -0.25) is 14.6 Å². The lowest BCUT2D eigenvalue weighted by Crippen LogP contribution is -2.41. The molecule has 1 amide bonds. The Morgan fingerprint density at radius 1 is 1.23 bits per heavy atom. The highest BCUT2D eigenvalue weighted by atomic mass is 16.5. The number of pyridine rings is 1. The zero-order valence-electron chi connectivity index (χ0n) is 20.8. The molecule has 0 aliphatic heterocycles. The summed E-state index contributed by atoms with van der Waals surface area (Å²) < 4.78 is 5.43. The number of carboxylic acids is 1. The lowest BCUT2D eigenvalue weighted by Gasteiger charge is -2.50. The Bertz CT molecular complexity index is 1190. The minimum Gasteiger partial charge on any atom is -0.495 e. The number of aromatic nitrogens is 1. The molecule has 3 aliphatic rings. The van der Waals surface area contributed by atoms with Crippen LogP contribution in [0.3, 0.4) is 0 Å². The predicted octanol–water partition coefficient (Wildman–Crippen LogP) is 5.19. The van der Waals surface area contributed by atoms with Gasteiger partial charge >= 0.3 is 5.97 Å².